The van der Waals surface area contributed by atoms with Gasteiger partial charge in [0.05, 0.1) is 46.2 Å². The molecule has 0 aromatic rings. The van der Waals surface area contributed by atoms with Crippen LogP contribution in [0.5, 0.6) is 0 Å². The normalized spacial score (nSPS) is 50.3. The first-order valence-corrected chi connectivity index (χ1v) is 26.6. The van der Waals surface area contributed by atoms with Crippen LogP contribution in [-0.4, -0.2) is 380 Å². The van der Waals surface area contributed by atoms with Gasteiger partial charge in [0.25, 0.3) is 0 Å². The molecule has 7 saturated heterocycles. The molecule has 84 heavy (non-hydrogen) atoms. The second-order valence-electron chi connectivity index (χ2n) is 21.1. The maximum atomic E-state index is 12.7. The van der Waals surface area contributed by atoms with E-state index in [-0.39, 0.29) is 0 Å². The van der Waals surface area contributed by atoms with Crippen LogP contribution >= 0.6 is 0 Å². The smallest absolute Gasteiger partial charge is 0.217 e. The molecule has 7 heterocycles. The predicted molar refractivity (Wildman–Crippen MR) is 255 cm³/mol. The van der Waals surface area contributed by atoms with Crippen LogP contribution in [0.3, 0.4) is 0 Å². The van der Waals surface area contributed by atoms with Crippen molar-refractivity contribution in [3.8, 4) is 0 Å². The van der Waals surface area contributed by atoms with E-state index in [9.17, 15) is 117 Å². The fourth-order valence-corrected chi connectivity index (χ4v) is 10.6. The van der Waals surface area contributed by atoms with Crippen molar-refractivity contribution in [1.82, 2.24) is 10.6 Å². The molecule has 7 rings (SSSR count). The topological polar surface area (TPSA) is 603 Å². The van der Waals surface area contributed by atoms with Crippen LogP contribution in [0.15, 0.2) is 0 Å². The Morgan fingerprint density at radius 1 is 0.310 bits per heavy atom. The van der Waals surface area contributed by atoms with Crippen LogP contribution in [-0.2, 0) is 71.2 Å². The van der Waals surface area contributed by atoms with E-state index in [2.05, 4.69) is 10.6 Å². The fraction of sp³-hybridized carbons (Fsp3) is 0.957. The van der Waals surface area contributed by atoms with Gasteiger partial charge in [-0.3, -0.25) is 9.59 Å². The van der Waals surface area contributed by atoms with Crippen LogP contribution < -0.4 is 10.6 Å². The Hall–Kier alpha value is -2.42. The summed E-state index contributed by atoms with van der Waals surface area (Å²) >= 11 is 0. The monoisotopic (exact) mass is 1230 g/mol. The summed E-state index contributed by atoms with van der Waals surface area (Å²) in [6.07, 6.45) is -65.1. The van der Waals surface area contributed by atoms with Gasteiger partial charge in [0.1, 0.15) is 171 Å². The molecule has 7 aliphatic rings. The molecule has 35 atom stereocenters. The van der Waals surface area contributed by atoms with Gasteiger partial charge in [-0.2, -0.15) is 0 Å². The number of ether oxygens (including phenoxy) is 13. The summed E-state index contributed by atoms with van der Waals surface area (Å²) in [6, 6.07) is -3.37. The van der Waals surface area contributed by atoms with Crippen LogP contribution in [0.1, 0.15) is 13.8 Å². The highest BCUT2D eigenvalue weighted by atomic mass is 16.8. The van der Waals surface area contributed by atoms with Gasteiger partial charge < -0.3 is 179 Å². The number of aliphatic hydroxyl groups excluding tert-OH is 21. The third-order valence-electron chi connectivity index (χ3n) is 15.3. The number of aliphatic hydroxyl groups is 21. The van der Waals surface area contributed by atoms with Gasteiger partial charge in [-0.15, -0.1) is 0 Å². The maximum absolute atomic E-state index is 12.7. The molecule has 0 aliphatic carbocycles. The van der Waals surface area contributed by atoms with Crippen LogP contribution in [0.4, 0.5) is 0 Å². The highest BCUT2D eigenvalue weighted by Gasteiger charge is 2.58. The Kier molecular flexibility index (Phi) is 24.6. The minimum Gasteiger partial charge on any atom is -0.394 e. The number of hydrogen-bond donors (Lipinski definition) is 23. The van der Waals surface area contributed by atoms with Crippen LogP contribution in [0, 0.1) is 0 Å². The van der Waals surface area contributed by atoms with E-state index in [1.807, 2.05) is 0 Å². The highest BCUT2D eigenvalue weighted by molar-refractivity contribution is 5.73. The molecule has 23 N–H and O–H groups in total. The Bertz CT molecular complexity index is 2060. The van der Waals surface area contributed by atoms with E-state index in [0.29, 0.717) is 0 Å². The summed E-state index contributed by atoms with van der Waals surface area (Å²) in [5.74, 6) is -1.61. The van der Waals surface area contributed by atoms with Gasteiger partial charge in [0.2, 0.25) is 11.8 Å². The summed E-state index contributed by atoms with van der Waals surface area (Å²) in [4.78, 5) is 24.6. The quantitative estimate of drug-likeness (QED) is 0.0507. The molecule has 0 aromatic carbocycles. The minimum atomic E-state index is -2.34. The number of rotatable bonds is 21. The van der Waals surface area contributed by atoms with Crippen molar-refractivity contribution in [1.29, 1.82) is 0 Å². The molecule has 0 radical (unpaired) electrons. The summed E-state index contributed by atoms with van der Waals surface area (Å²) in [6.45, 7) is -4.78. The number of hydrogen-bond acceptors (Lipinski definition) is 36. The second-order valence-corrected chi connectivity index (χ2v) is 21.1. The molecule has 38 heteroatoms. The van der Waals surface area contributed by atoms with Crippen LogP contribution in [0.2, 0.25) is 0 Å². The standard InChI is InChI=1S/C46H78N2O36/c1-10(54)47-19-26(61)36(15(6-52)74-40(19)71)81-41-20(48-11(2)55)27(62)37(16(7-53)78-41)82-46-35(70)39(84-45-33(68)30(65)23(58)14(5-51)77-45)25(60)18(80-46)9-73-43-34(69)38(83-44-32(67)29(64)22(57)13(4-50)76-44)24(59)17(79-43)8-72-42-31(66)28(63)21(56)12(3-49)75-42/h12-46,49-53,56-71H,3-9H2,1-2H3,(H,47,54)(H,48,55)/t12-,13-,14-,15-,16-,17-,18-,19-,20-,21-,22-,23-,24-,25-,26-,27-,28+,29+,30+,31+,32+,33+,34+,35+,36-,37-,38+,39+,40+,41-,42+,43+,44-,45-,46-/m1/s1. The van der Waals surface area contributed by atoms with Gasteiger partial charge in [0, 0.05) is 13.8 Å². The first kappa shape index (κ1) is 69.1. The van der Waals surface area contributed by atoms with Crippen molar-refractivity contribution in [2.45, 2.75) is 229 Å². The highest BCUT2D eigenvalue weighted by Crippen LogP contribution is 2.37. The largest absolute Gasteiger partial charge is 0.394 e. The molecular weight excluding hydrogens is 1160 g/mol. The molecule has 0 spiro atoms. The van der Waals surface area contributed by atoms with Crippen molar-refractivity contribution in [3.05, 3.63) is 0 Å². The van der Waals surface area contributed by atoms with E-state index in [0.717, 1.165) is 13.8 Å². The first-order chi connectivity index (χ1) is 39.7. The summed E-state index contributed by atoms with van der Waals surface area (Å²) < 4.78 is 74.3. The van der Waals surface area contributed by atoms with E-state index in [1.165, 1.54) is 0 Å². The third-order valence-corrected chi connectivity index (χ3v) is 15.3. The van der Waals surface area contributed by atoms with Crippen molar-refractivity contribution < 1.29 is 178 Å². The molecule has 0 saturated carbocycles. The van der Waals surface area contributed by atoms with Crippen molar-refractivity contribution >= 4 is 11.8 Å². The van der Waals surface area contributed by atoms with Crippen molar-refractivity contribution in [2.24, 2.45) is 0 Å². The average molecular weight is 1240 g/mol. The molecular formula is C46H78N2O36. The van der Waals surface area contributed by atoms with E-state index < -0.39 is 273 Å². The van der Waals surface area contributed by atoms with Gasteiger partial charge >= 0.3 is 0 Å². The van der Waals surface area contributed by atoms with Gasteiger partial charge in [-0.25, -0.2) is 0 Å². The van der Waals surface area contributed by atoms with Gasteiger partial charge in [0.15, 0.2) is 44.0 Å². The zero-order valence-corrected chi connectivity index (χ0v) is 44.7. The van der Waals surface area contributed by atoms with E-state index in [1.54, 1.807) is 0 Å². The molecule has 7 fully saturated rings. The summed E-state index contributed by atoms with van der Waals surface area (Å²) in [5, 5.41) is 231. The van der Waals surface area contributed by atoms with Crippen molar-refractivity contribution in [2.75, 3.05) is 46.2 Å². The summed E-state index contributed by atoms with van der Waals surface area (Å²) in [5.41, 5.74) is 0. The fourth-order valence-electron chi connectivity index (χ4n) is 10.6. The molecule has 38 nitrogen and oxygen atoms in total. The lowest BCUT2D eigenvalue weighted by molar-refractivity contribution is -0.387. The molecule has 488 valence electrons. The molecule has 0 unspecified atom stereocenters. The van der Waals surface area contributed by atoms with Gasteiger partial charge in [-0.05, 0) is 0 Å². The lowest BCUT2D eigenvalue weighted by Crippen LogP contribution is -2.70. The lowest BCUT2D eigenvalue weighted by Gasteiger charge is -2.50. The predicted octanol–water partition coefficient (Wildman–Crippen LogP) is -16.0. The zero-order chi connectivity index (χ0) is 61.9. The van der Waals surface area contributed by atoms with Gasteiger partial charge in [-0.1, -0.05) is 0 Å². The first-order valence-electron chi connectivity index (χ1n) is 26.6. The Morgan fingerprint density at radius 3 is 1.04 bits per heavy atom. The average Bonchev–Trinajstić information content (AvgIpc) is 1.85. The molecule has 2 amide bonds. The van der Waals surface area contributed by atoms with E-state index in [4.69, 9.17) is 61.6 Å². The number of nitrogens with one attached hydrogen (secondary N) is 2. The second kappa shape index (κ2) is 29.9. The molecule has 7 aliphatic heterocycles. The zero-order valence-electron chi connectivity index (χ0n) is 44.7. The SMILES string of the molecule is CC(=O)N[C@@H]1[C@@H](O)[C@H](O[C@H]2O[C@H](CO)[C@@H](O[C@H]3O[C@H](CO[C@H]4O[C@H](CO[C@H]5O[C@H](CO)[C@@H](O)[C@H](O)[C@@H]5O)[C@@H](O)[C@H](O[C@H]5O[C@H](CO)[C@@H](O)[C@H](O)[C@@H]5O)[C@@H]4O)[C@@H](O)[C@H](O[C@H]4O[C@H](CO)[C@@H](O)[C@H](O)[C@@H]4O)[C@@H]3O)[C@H](O)[C@H]2NC(C)=O)[C@@H](CO)O[C@@H]1O. The number of carbonyl (C=O) groups excluding carboxylic acids is 2. The van der Waals surface area contributed by atoms with Crippen LogP contribution in [0.25, 0.3) is 0 Å². The molecule has 0 bridgehead atoms. The molecule has 0 aromatic heterocycles. The Balaban J connectivity index is 1.17. The Labute approximate surface area is 475 Å². The van der Waals surface area contributed by atoms with Crippen molar-refractivity contribution in [3.63, 3.8) is 0 Å². The third kappa shape index (κ3) is 14.9. The lowest BCUT2D eigenvalue weighted by atomic mass is 9.94. The van der Waals surface area contributed by atoms with E-state index >= 15 is 0 Å². The maximum Gasteiger partial charge on any atom is 0.217 e. The summed E-state index contributed by atoms with van der Waals surface area (Å²) in [7, 11) is 0. The number of carbonyl (C=O) groups is 2. The number of amides is 2. The minimum absolute atomic E-state index is 0.738. The Morgan fingerprint density at radius 2 is 0.607 bits per heavy atom.